The molecular formula is C18H20N2O4. The zero-order valence-corrected chi connectivity index (χ0v) is 13.7. The van der Waals surface area contributed by atoms with E-state index in [0.29, 0.717) is 12.8 Å². The summed E-state index contributed by atoms with van der Waals surface area (Å²) in [6.07, 6.45) is 3.10. The number of rotatable bonds is 4. The van der Waals surface area contributed by atoms with Crippen LogP contribution < -0.4 is 9.47 Å². The maximum Gasteiger partial charge on any atom is 0.231 e. The Kier molecular flexibility index (Phi) is 3.88. The molecular weight excluding hydrogens is 308 g/mol. The fourth-order valence-corrected chi connectivity index (χ4v) is 3.39. The van der Waals surface area contributed by atoms with E-state index in [4.69, 9.17) is 14.0 Å². The highest BCUT2D eigenvalue weighted by molar-refractivity contribution is 5.77. The topological polar surface area (TPSA) is 64.8 Å². The molecule has 0 N–H and O–H groups in total. The molecule has 2 aromatic rings. The van der Waals surface area contributed by atoms with Gasteiger partial charge in [-0.3, -0.25) is 4.79 Å². The van der Waals surface area contributed by atoms with Crippen LogP contribution in [0.4, 0.5) is 0 Å². The average molecular weight is 328 g/mol. The number of likely N-dealkylation sites (tertiary alicyclic amines) is 1. The minimum atomic E-state index is 0.0236. The molecule has 3 heterocycles. The predicted octanol–water partition coefficient (Wildman–Crippen LogP) is 3.01. The Balaban J connectivity index is 1.40. The molecule has 1 fully saturated rings. The van der Waals surface area contributed by atoms with Gasteiger partial charge in [0.25, 0.3) is 0 Å². The number of benzene rings is 1. The van der Waals surface area contributed by atoms with Crippen LogP contribution in [-0.4, -0.2) is 29.3 Å². The lowest BCUT2D eigenvalue weighted by molar-refractivity contribution is -0.132. The largest absolute Gasteiger partial charge is 0.454 e. The number of aryl methyl sites for hydroxylation is 2. The molecule has 24 heavy (non-hydrogen) atoms. The Hall–Kier alpha value is -2.50. The van der Waals surface area contributed by atoms with E-state index in [1.807, 2.05) is 36.1 Å². The second kappa shape index (κ2) is 6.19. The highest BCUT2D eigenvalue weighted by Gasteiger charge is 2.32. The Morgan fingerprint density at radius 1 is 1.29 bits per heavy atom. The van der Waals surface area contributed by atoms with Crippen molar-refractivity contribution in [2.24, 2.45) is 0 Å². The molecule has 6 heteroatoms. The number of hydrogen-bond donors (Lipinski definition) is 0. The number of aromatic nitrogens is 1. The molecule has 6 nitrogen and oxygen atoms in total. The van der Waals surface area contributed by atoms with Crippen LogP contribution in [0.15, 0.2) is 28.8 Å². The van der Waals surface area contributed by atoms with Crippen molar-refractivity contribution in [2.75, 3.05) is 13.3 Å². The molecule has 0 radical (unpaired) electrons. The van der Waals surface area contributed by atoms with Crippen LogP contribution >= 0.6 is 0 Å². The molecule has 0 saturated carbocycles. The molecule has 1 aromatic heterocycles. The SMILES string of the molecule is Cc1cc(C2CCCN2C(=O)CCc2ccc3c(c2)OCO3)on1. The van der Waals surface area contributed by atoms with Gasteiger partial charge in [0.05, 0.1) is 11.7 Å². The number of nitrogens with zero attached hydrogens (tertiary/aromatic N) is 2. The smallest absolute Gasteiger partial charge is 0.231 e. The fraction of sp³-hybridized carbons (Fsp3) is 0.444. The van der Waals surface area contributed by atoms with Gasteiger partial charge in [0, 0.05) is 19.0 Å². The van der Waals surface area contributed by atoms with E-state index >= 15 is 0 Å². The van der Waals surface area contributed by atoms with Crippen LogP contribution in [0, 0.1) is 6.92 Å². The molecule has 1 saturated heterocycles. The summed E-state index contributed by atoms with van der Waals surface area (Å²) in [4.78, 5) is 14.6. The Labute approximate surface area is 140 Å². The zero-order chi connectivity index (χ0) is 16.5. The third kappa shape index (κ3) is 2.84. The molecule has 1 atom stereocenters. The van der Waals surface area contributed by atoms with Gasteiger partial charge in [0.15, 0.2) is 17.3 Å². The highest BCUT2D eigenvalue weighted by atomic mass is 16.7. The first-order valence-corrected chi connectivity index (χ1v) is 8.32. The first kappa shape index (κ1) is 15.1. The molecule has 2 aliphatic rings. The van der Waals surface area contributed by atoms with Crippen LogP contribution in [0.5, 0.6) is 11.5 Å². The first-order chi connectivity index (χ1) is 11.7. The first-order valence-electron chi connectivity index (χ1n) is 8.32. The fourth-order valence-electron chi connectivity index (χ4n) is 3.39. The monoisotopic (exact) mass is 328 g/mol. The van der Waals surface area contributed by atoms with E-state index in [1.165, 1.54) is 0 Å². The minimum absolute atomic E-state index is 0.0236. The predicted molar refractivity (Wildman–Crippen MR) is 85.8 cm³/mol. The summed E-state index contributed by atoms with van der Waals surface area (Å²) in [5.41, 5.74) is 1.93. The van der Waals surface area contributed by atoms with E-state index in [2.05, 4.69) is 5.16 Å². The van der Waals surface area contributed by atoms with Gasteiger partial charge >= 0.3 is 0 Å². The van der Waals surface area contributed by atoms with Gasteiger partial charge in [-0.1, -0.05) is 11.2 Å². The summed E-state index contributed by atoms with van der Waals surface area (Å²) in [6.45, 7) is 2.95. The number of amides is 1. The lowest BCUT2D eigenvalue weighted by atomic mass is 10.1. The lowest BCUT2D eigenvalue weighted by Gasteiger charge is -2.22. The number of fused-ring (bicyclic) bond motifs is 1. The molecule has 1 unspecified atom stereocenters. The third-order valence-corrected chi connectivity index (χ3v) is 4.61. The number of hydrogen-bond acceptors (Lipinski definition) is 5. The third-order valence-electron chi connectivity index (χ3n) is 4.61. The second-order valence-corrected chi connectivity index (χ2v) is 6.30. The summed E-state index contributed by atoms with van der Waals surface area (Å²) in [7, 11) is 0. The highest BCUT2D eigenvalue weighted by Crippen LogP contribution is 2.34. The Morgan fingerprint density at radius 2 is 2.17 bits per heavy atom. The maximum absolute atomic E-state index is 12.7. The second-order valence-electron chi connectivity index (χ2n) is 6.30. The van der Waals surface area contributed by atoms with Crippen molar-refractivity contribution in [1.82, 2.24) is 10.1 Å². The summed E-state index contributed by atoms with van der Waals surface area (Å²) in [5.74, 6) is 2.48. The summed E-state index contributed by atoms with van der Waals surface area (Å²) in [6, 6.07) is 7.79. The molecule has 1 aromatic carbocycles. The van der Waals surface area contributed by atoms with Crippen LogP contribution in [0.3, 0.4) is 0 Å². The standard InChI is InChI=1S/C18H20N2O4/c1-12-9-16(24-19-12)14-3-2-8-20(14)18(21)7-5-13-4-6-15-17(10-13)23-11-22-15/h4,6,9-10,14H,2-3,5,7-8,11H2,1H3. The van der Waals surface area contributed by atoms with Gasteiger partial charge in [-0.2, -0.15) is 0 Å². The van der Waals surface area contributed by atoms with E-state index < -0.39 is 0 Å². The summed E-state index contributed by atoms with van der Waals surface area (Å²) in [5, 5.41) is 3.94. The van der Waals surface area contributed by atoms with E-state index in [1.54, 1.807) is 0 Å². The number of carbonyl (C=O) groups is 1. The maximum atomic E-state index is 12.7. The molecule has 1 amide bonds. The molecule has 126 valence electrons. The summed E-state index contributed by atoms with van der Waals surface area (Å²) >= 11 is 0. The van der Waals surface area contributed by atoms with Crippen molar-refractivity contribution in [1.29, 1.82) is 0 Å². The minimum Gasteiger partial charge on any atom is -0.454 e. The molecule has 0 spiro atoms. The van der Waals surface area contributed by atoms with Crippen molar-refractivity contribution in [3.63, 3.8) is 0 Å². The Bertz CT molecular complexity index is 755. The molecule has 4 rings (SSSR count). The quantitative estimate of drug-likeness (QED) is 0.863. The van der Waals surface area contributed by atoms with Gasteiger partial charge < -0.3 is 18.9 Å². The normalized spacial score (nSPS) is 19.0. The zero-order valence-electron chi connectivity index (χ0n) is 13.7. The van der Waals surface area contributed by atoms with E-state index in [0.717, 1.165) is 47.9 Å². The molecule has 2 aliphatic heterocycles. The van der Waals surface area contributed by atoms with Gasteiger partial charge in [0.2, 0.25) is 12.7 Å². The number of ether oxygens (including phenoxy) is 2. The van der Waals surface area contributed by atoms with Crippen LogP contribution in [0.25, 0.3) is 0 Å². The van der Waals surface area contributed by atoms with Crippen molar-refractivity contribution in [3.05, 3.63) is 41.3 Å². The number of carbonyl (C=O) groups excluding carboxylic acids is 1. The average Bonchev–Trinajstić information content (AvgIpc) is 3.31. The van der Waals surface area contributed by atoms with Crippen molar-refractivity contribution >= 4 is 5.91 Å². The van der Waals surface area contributed by atoms with E-state index in [9.17, 15) is 4.79 Å². The van der Waals surface area contributed by atoms with Gasteiger partial charge in [-0.05, 0) is 43.9 Å². The molecule has 0 bridgehead atoms. The van der Waals surface area contributed by atoms with Crippen molar-refractivity contribution < 1.29 is 18.8 Å². The van der Waals surface area contributed by atoms with Crippen molar-refractivity contribution in [3.8, 4) is 11.5 Å². The van der Waals surface area contributed by atoms with Crippen LogP contribution in [0.2, 0.25) is 0 Å². The summed E-state index contributed by atoms with van der Waals surface area (Å²) < 4.78 is 16.1. The molecule has 0 aliphatic carbocycles. The van der Waals surface area contributed by atoms with E-state index in [-0.39, 0.29) is 18.7 Å². The van der Waals surface area contributed by atoms with Crippen LogP contribution in [-0.2, 0) is 11.2 Å². The Morgan fingerprint density at radius 3 is 3.00 bits per heavy atom. The van der Waals surface area contributed by atoms with Crippen LogP contribution in [0.1, 0.15) is 42.3 Å². The van der Waals surface area contributed by atoms with Gasteiger partial charge in [0.1, 0.15) is 0 Å². The van der Waals surface area contributed by atoms with Crippen molar-refractivity contribution in [2.45, 2.75) is 38.6 Å². The van der Waals surface area contributed by atoms with Gasteiger partial charge in [-0.25, -0.2) is 0 Å². The lowest BCUT2D eigenvalue weighted by Crippen LogP contribution is -2.30. The van der Waals surface area contributed by atoms with Gasteiger partial charge in [-0.15, -0.1) is 0 Å².